The monoisotopic (exact) mass is 270 g/mol. The van der Waals surface area contributed by atoms with Gasteiger partial charge in [-0.1, -0.05) is 25.4 Å². The molecule has 1 aromatic carbocycles. The summed E-state index contributed by atoms with van der Waals surface area (Å²) in [7, 11) is 0. The van der Waals surface area contributed by atoms with Crippen molar-refractivity contribution < 1.29 is 19.1 Å². The topological polar surface area (TPSA) is 52.6 Å². The summed E-state index contributed by atoms with van der Waals surface area (Å²) in [5.74, 6) is 0.252. The molecular weight excluding hydrogens is 256 g/mol. The average Bonchev–Trinajstić information content (AvgIpc) is 2.29. The molecule has 0 radical (unpaired) electrons. The van der Waals surface area contributed by atoms with Gasteiger partial charge in [0.2, 0.25) is 0 Å². The summed E-state index contributed by atoms with van der Waals surface area (Å²) >= 11 is 5.78. The van der Waals surface area contributed by atoms with Gasteiger partial charge in [0.25, 0.3) is 0 Å². The quantitative estimate of drug-likeness (QED) is 0.363. The molecule has 0 bridgehead atoms. The highest BCUT2D eigenvalue weighted by Gasteiger charge is 2.16. The van der Waals surface area contributed by atoms with Crippen LogP contribution in [0, 0.1) is 5.92 Å². The van der Waals surface area contributed by atoms with Crippen LogP contribution in [0.15, 0.2) is 24.3 Å². The summed E-state index contributed by atoms with van der Waals surface area (Å²) in [5.41, 5.74) is -0.179. The third-order valence-corrected chi connectivity index (χ3v) is 2.79. The standard InChI is InChI=1S/C13H15ClO4/c1-8(2)12(14)18-13(16)17-11-6-4-10(5-7-11)9(3)15/h4-8,12H,1-3H3. The maximum atomic E-state index is 11.4. The van der Waals surface area contributed by atoms with Gasteiger partial charge in [-0.15, -0.1) is 0 Å². The maximum Gasteiger partial charge on any atom is 0.515 e. The molecule has 0 spiro atoms. The molecule has 0 fully saturated rings. The van der Waals surface area contributed by atoms with Gasteiger partial charge < -0.3 is 9.47 Å². The Balaban J connectivity index is 2.57. The lowest BCUT2D eigenvalue weighted by atomic mass is 10.1. The van der Waals surface area contributed by atoms with Crippen molar-refractivity contribution in [3.8, 4) is 5.75 Å². The summed E-state index contributed by atoms with van der Waals surface area (Å²) < 4.78 is 9.74. The number of carbonyl (C=O) groups excluding carboxylic acids is 2. The predicted octanol–water partition coefficient (Wildman–Crippen LogP) is 3.63. The Hall–Kier alpha value is -1.55. The minimum Gasteiger partial charge on any atom is -0.414 e. The van der Waals surface area contributed by atoms with Gasteiger partial charge in [0.05, 0.1) is 0 Å². The van der Waals surface area contributed by atoms with Crippen LogP contribution in [0.25, 0.3) is 0 Å². The zero-order valence-electron chi connectivity index (χ0n) is 10.5. The molecule has 0 aromatic heterocycles. The van der Waals surface area contributed by atoms with Gasteiger partial charge in [0.15, 0.2) is 11.3 Å². The van der Waals surface area contributed by atoms with Gasteiger partial charge in [-0.25, -0.2) is 4.79 Å². The van der Waals surface area contributed by atoms with Crippen LogP contribution in [-0.4, -0.2) is 17.5 Å². The highest BCUT2D eigenvalue weighted by Crippen LogP contribution is 2.16. The zero-order chi connectivity index (χ0) is 13.7. The second-order valence-electron chi connectivity index (χ2n) is 4.15. The van der Waals surface area contributed by atoms with Gasteiger partial charge in [0.1, 0.15) is 5.75 Å². The number of Topliss-reactive ketones (excluding diaryl/α,β-unsaturated/α-hetero) is 1. The summed E-state index contributed by atoms with van der Waals surface area (Å²) in [6.45, 7) is 5.12. The van der Waals surface area contributed by atoms with Crippen molar-refractivity contribution in [3.63, 3.8) is 0 Å². The first-order valence-corrected chi connectivity index (χ1v) is 5.97. The van der Waals surface area contributed by atoms with E-state index in [9.17, 15) is 9.59 Å². The van der Waals surface area contributed by atoms with Crippen LogP contribution in [0.4, 0.5) is 4.79 Å². The molecule has 0 heterocycles. The van der Waals surface area contributed by atoms with Crippen molar-refractivity contribution >= 4 is 23.5 Å². The largest absolute Gasteiger partial charge is 0.515 e. The van der Waals surface area contributed by atoms with E-state index in [4.69, 9.17) is 21.1 Å². The van der Waals surface area contributed by atoms with Crippen LogP contribution in [-0.2, 0) is 4.74 Å². The molecule has 5 heteroatoms. The number of halogens is 1. The smallest absolute Gasteiger partial charge is 0.414 e. The van der Waals surface area contributed by atoms with Crippen LogP contribution >= 0.6 is 11.6 Å². The molecule has 1 rings (SSSR count). The number of ketones is 1. The lowest BCUT2D eigenvalue weighted by Crippen LogP contribution is -2.20. The highest BCUT2D eigenvalue weighted by atomic mass is 35.5. The molecule has 0 N–H and O–H groups in total. The van der Waals surface area contributed by atoms with E-state index >= 15 is 0 Å². The fourth-order valence-corrected chi connectivity index (χ4v) is 1.18. The number of hydrogen-bond acceptors (Lipinski definition) is 4. The normalized spacial score (nSPS) is 12.1. The first-order valence-electron chi connectivity index (χ1n) is 5.53. The Morgan fingerprint density at radius 1 is 1.17 bits per heavy atom. The Bertz CT molecular complexity index is 425. The van der Waals surface area contributed by atoms with Crippen LogP contribution in [0.1, 0.15) is 31.1 Å². The number of alkyl halides is 1. The third kappa shape index (κ3) is 4.37. The average molecular weight is 271 g/mol. The Morgan fingerprint density at radius 3 is 2.17 bits per heavy atom. The fraction of sp³-hybridized carbons (Fsp3) is 0.385. The molecule has 4 nitrogen and oxygen atoms in total. The Kier molecular flexibility index (Phi) is 5.16. The summed E-state index contributed by atoms with van der Waals surface area (Å²) in [6, 6.07) is 6.20. The molecule has 0 aliphatic carbocycles. The molecule has 98 valence electrons. The minimum atomic E-state index is -0.862. The summed E-state index contributed by atoms with van der Waals surface area (Å²) in [4.78, 5) is 22.4. The van der Waals surface area contributed by atoms with Gasteiger partial charge in [-0.3, -0.25) is 4.79 Å². The predicted molar refractivity (Wildman–Crippen MR) is 68.0 cm³/mol. The van der Waals surface area contributed by atoms with E-state index in [1.54, 1.807) is 12.1 Å². The second-order valence-corrected chi connectivity index (χ2v) is 4.58. The third-order valence-electron chi connectivity index (χ3n) is 2.19. The Labute approximate surface area is 111 Å². The molecule has 18 heavy (non-hydrogen) atoms. The zero-order valence-corrected chi connectivity index (χ0v) is 11.2. The highest BCUT2D eigenvalue weighted by molar-refractivity contribution is 6.20. The number of benzene rings is 1. The van der Waals surface area contributed by atoms with Crippen molar-refractivity contribution in [2.45, 2.75) is 26.3 Å². The van der Waals surface area contributed by atoms with Gasteiger partial charge in [-0.05, 0) is 31.2 Å². The van der Waals surface area contributed by atoms with Gasteiger partial charge in [0, 0.05) is 11.5 Å². The van der Waals surface area contributed by atoms with E-state index in [0.717, 1.165) is 0 Å². The van der Waals surface area contributed by atoms with E-state index < -0.39 is 11.7 Å². The van der Waals surface area contributed by atoms with Crippen molar-refractivity contribution in [1.82, 2.24) is 0 Å². The maximum absolute atomic E-state index is 11.4. The number of rotatable bonds is 4. The van der Waals surface area contributed by atoms with Gasteiger partial charge >= 0.3 is 6.16 Å². The number of ether oxygens (including phenoxy) is 2. The second kappa shape index (κ2) is 6.40. The molecular formula is C13H15ClO4. The first-order chi connectivity index (χ1) is 8.40. The summed E-state index contributed by atoms with van der Waals surface area (Å²) in [5, 5.41) is 0. The molecule has 1 unspecified atom stereocenters. The lowest BCUT2D eigenvalue weighted by Gasteiger charge is -2.13. The van der Waals surface area contributed by atoms with Crippen molar-refractivity contribution in [1.29, 1.82) is 0 Å². The summed E-state index contributed by atoms with van der Waals surface area (Å²) in [6.07, 6.45) is -0.862. The van der Waals surface area contributed by atoms with Crippen molar-refractivity contribution in [2.75, 3.05) is 0 Å². The lowest BCUT2D eigenvalue weighted by molar-refractivity contribution is 0.0725. The van der Waals surface area contributed by atoms with E-state index in [0.29, 0.717) is 11.3 Å². The van der Waals surface area contributed by atoms with Crippen molar-refractivity contribution in [3.05, 3.63) is 29.8 Å². The molecule has 0 aliphatic rings. The Morgan fingerprint density at radius 2 is 1.72 bits per heavy atom. The van der Waals surface area contributed by atoms with E-state index in [1.807, 2.05) is 13.8 Å². The van der Waals surface area contributed by atoms with Crippen LogP contribution in [0.2, 0.25) is 0 Å². The molecule has 1 atom stereocenters. The van der Waals surface area contributed by atoms with Gasteiger partial charge in [-0.2, -0.15) is 0 Å². The number of hydrogen-bond donors (Lipinski definition) is 0. The molecule has 1 aromatic rings. The van der Waals surface area contributed by atoms with Crippen LogP contribution in [0.5, 0.6) is 5.75 Å². The van der Waals surface area contributed by atoms with Crippen molar-refractivity contribution in [2.24, 2.45) is 5.92 Å². The molecule has 0 aliphatic heterocycles. The molecule has 0 saturated carbocycles. The van der Waals surface area contributed by atoms with Crippen LogP contribution < -0.4 is 4.74 Å². The first kappa shape index (κ1) is 14.5. The SMILES string of the molecule is CC(=O)c1ccc(OC(=O)OC(Cl)C(C)C)cc1. The fourth-order valence-electron chi connectivity index (χ4n) is 1.11. The van der Waals surface area contributed by atoms with E-state index in [-0.39, 0.29) is 11.7 Å². The number of carbonyl (C=O) groups is 2. The molecule has 0 amide bonds. The minimum absolute atomic E-state index is 0.000643. The molecule has 0 saturated heterocycles. The van der Waals surface area contributed by atoms with Crippen LogP contribution in [0.3, 0.4) is 0 Å². The van der Waals surface area contributed by atoms with E-state index in [2.05, 4.69) is 0 Å². The van der Waals surface area contributed by atoms with E-state index in [1.165, 1.54) is 19.1 Å².